The molecule has 1 aromatic carbocycles. The molecule has 0 aromatic heterocycles. The second-order valence-electron chi connectivity index (χ2n) is 6.11. The quantitative estimate of drug-likeness (QED) is 0.851. The van der Waals surface area contributed by atoms with E-state index in [2.05, 4.69) is 5.16 Å². The van der Waals surface area contributed by atoms with Crippen LogP contribution >= 0.6 is 0 Å². The highest BCUT2D eigenvalue weighted by Gasteiger charge is 2.48. The van der Waals surface area contributed by atoms with Crippen LogP contribution in [0.1, 0.15) is 25.8 Å². The van der Waals surface area contributed by atoms with Crippen molar-refractivity contribution in [1.82, 2.24) is 4.90 Å². The molecule has 2 aliphatic rings. The number of oxime groups is 1. The monoisotopic (exact) mass is 318 g/mol. The number of nitrogens with zero attached hydrogens (tertiary/aromatic N) is 2. The van der Waals surface area contributed by atoms with Gasteiger partial charge in [-0.1, -0.05) is 5.16 Å². The molecule has 1 aromatic rings. The molecule has 7 nitrogen and oxygen atoms in total. The fraction of sp³-hybridized carbons (Fsp3) is 0.438. The Morgan fingerprint density at radius 2 is 2.04 bits per heavy atom. The molecule has 1 unspecified atom stereocenters. The van der Waals surface area contributed by atoms with Gasteiger partial charge in [0, 0.05) is 6.42 Å². The second-order valence-corrected chi connectivity index (χ2v) is 6.11. The van der Waals surface area contributed by atoms with Crippen LogP contribution in [0.25, 0.3) is 0 Å². The number of carbonyl (C=O) groups excluding carboxylic acids is 2. The number of hydrogen-bond donors (Lipinski definition) is 0. The maximum absolute atomic E-state index is 12.6. The summed E-state index contributed by atoms with van der Waals surface area (Å²) in [5, 5.41) is 3.98. The molecule has 1 atom stereocenters. The molecular formula is C16H18N2O5. The van der Waals surface area contributed by atoms with E-state index in [0.717, 1.165) is 16.2 Å². The first kappa shape index (κ1) is 15.3. The van der Waals surface area contributed by atoms with Gasteiger partial charge in [-0.15, -0.1) is 0 Å². The first-order valence-corrected chi connectivity index (χ1v) is 7.30. The van der Waals surface area contributed by atoms with E-state index in [4.69, 9.17) is 14.3 Å². The third-order valence-corrected chi connectivity index (χ3v) is 3.92. The van der Waals surface area contributed by atoms with E-state index in [0.29, 0.717) is 12.1 Å². The molecule has 0 bridgehead atoms. The van der Waals surface area contributed by atoms with Crippen LogP contribution < -0.4 is 4.74 Å². The molecule has 122 valence electrons. The van der Waals surface area contributed by atoms with Gasteiger partial charge in [-0.05, 0) is 43.7 Å². The molecule has 3 rings (SSSR count). The Balaban J connectivity index is 1.71. The highest BCUT2D eigenvalue weighted by Crippen LogP contribution is 2.28. The lowest BCUT2D eigenvalue weighted by Gasteiger charge is -2.27. The zero-order chi connectivity index (χ0) is 16.6. The first-order valence-electron chi connectivity index (χ1n) is 7.30. The molecule has 2 aliphatic heterocycles. The number of hydrogen-bond acceptors (Lipinski definition) is 6. The molecule has 2 heterocycles. The number of cyclic esters (lactones) is 1. The van der Waals surface area contributed by atoms with Gasteiger partial charge in [0.1, 0.15) is 12.4 Å². The van der Waals surface area contributed by atoms with Crippen LogP contribution in [-0.2, 0) is 14.4 Å². The lowest BCUT2D eigenvalue weighted by atomic mass is 10.0. The van der Waals surface area contributed by atoms with E-state index in [1.165, 1.54) is 0 Å². The van der Waals surface area contributed by atoms with Gasteiger partial charge in [0.15, 0.2) is 0 Å². The Hall–Kier alpha value is -2.57. The lowest BCUT2D eigenvalue weighted by molar-refractivity contribution is -0.141. The van der Waals surface area contributed by atoms with Crippen molar-refractivity contribution in [2.24, 2.45) is 5.16 Å². The molecule has 23 heavy (non-hydrogen) atoms. The van der Waals surface area contributed by atoms with E-state index < -0.39 is 23.6 Å². The topological polar surface area (TPSA) is 77.4 Å². The van der Waals surface area contributed by atoms with Gasteiger partial charge in [0.05, 0.1) is 18.4 Å². The lowest BCUT2D eigenvalue weighted by Crippen LogP contribution is -2.50. The standard InChI is InChI=1S/C16H18N2O5/c1-16(2)9-22-15(20)18(16)14(19)13-8-12(17-23-13)10-4-6-11(21-3)7-5-10/h4-7,13H,8-9H2,1-3H3. The Morgan fingerprint density at radius 1 is 1.35 bits per heavy atom. The number of amides is 2. The number of carbonyl (C=O) groups is 2. The molecule has 0 spiro atoms. The van der Waals surface area contributed by atoms with Crippen LogP contribution in [0.2, 0.25) is 0 Å². The van der Waals surface area contributed by atoms with Crippen molar-refractivity contribution in [3.63, 3.8) is 0 Å². The fourth-order valence-electron chi connectivity index (χ4n) is 2.61. The van der Waals surface area contributed by atoms with Crippen LogP contribution in [0, 0.1) is 0 Å². The number of methoxy groups -OCH3 is 1. The zero-order valence-electron chi connectivity index (χ0n) is 13.2. The summed E-state index contributed by atoms with van der Waals surface area (Å²) in [6.45, 7) is 3.72. The molecular weight excluding hydrogens is 300 g/mol. The van der Waals surface area contributed by atoms with Crippen molar-refractivity contribution in [2.75, 3.05) is 13.7 Å². The summed E-state index contributed by atoms with van der Waals surface area (Å²) in [6, 6.07) is 7.33. The molecule has 0 aliphatic carbocycles. The summed E-state index contributed by atoms with van der Waals surface area (Å²) in [4.78, 5) is 30.7. The normalized spacial score (nSPS) is 22.4. The molecule has 2 amide bonds. The maximum atomic E-state index is 12.6. The van der Waals surface area contributed by atoms with Crippen molar-refractivity contribution in [3.05, 3.63) is 29.8 Å². The van der Waals surface area contributed by atoms with Crippen molar-refractivity contribution in [2.45, 2.75) is 31.9 Å². The van der Waals surface area contributed by atoms with E-state index in [-0.39, 0.29) is 6.61 Å². The van der Waals surface area contributed by atoms with E-state index >= 15 is 0 Å². The summed E-state index contributed by atoms with van der Waals surface area (Å²) in [6.07, 6.45) is -1.14. The third-order valence-electron chi connectivity index (χ3n) is 3.92. The van der Waals surface area contributed by atoms with Gasteiger partial charge in [-0.2, -0.15) is 0 Å². The minimum atomic E-state index is -0.808. The summed E-state index contributed by atoms with van der Waals surface area (Å²) in [5.41, 5.74) is 0.834. The molecule has 0 saturated carbocycles. The smallest absolute Gasteiger partial charge is 0.417 e. The van der Waals surface area contributed by atoms with Crippen LogP contribution in [0.4, 0.5) is 4.79 Å². The fourth-order valence-corrected chi connectivity index (χ4v) is 2.61. The number of ether oxygens (including phenoxy) is 2. The third kappa shape index (κ3) is 2.74. The average molecular weight is 318 g/mol. The maximum Gasteiger partial charge on any atom is 0.417 e. The van der Waals surface area contributed by atoms with E-state index in [1.807, 2.05) is 24.3 Å². The van der Waals surface area contributed by atoms with Gasteiger partial charge in [-0.3, -0.25) is 4.79 Å². The Labute approximate surface area is 133 Å². The zero-order valence-corrected chi connectivity index (χ0v) is 13.2. The molecule has 1 fully saturated rings. The van der Waals surface area contributed by atoms with Gasteiger partial charge >= 0.3 is 6.09 Å². The highest BCUT2D eigenvalue weighted by atomic mass is 16.6. The minimum Gasteiger partial charge on any atom is -0.497 e. The Morgan fingerprint density at radius 3 is 2.61 bits per heavy atom. The van der Waals surface area contributed by atoms with Gasteiger partial charge in [-0.25, -0.2) is 9.69 Å². The SMILES string of the molecule is COc1ccc(C2=NOC(C(=O)N3C(=O)OCC3(C)C)C2)cc1. The summed E-state index contributed by atoms with van der Waals surface area (Å²) < 4.78 is 10.1. The summed E-state index contributed by atoms with van der Waals surface area (Å²) in [5.74, 6) is 0.312. The average Bonchev–Trinajstić information content (AvgIpc) is 3.12. The number of imide groups is 1. The van der Waals surface area contributed by atoms with E-state index in [9.17, 15) is 9.59 Å². The largest absolute Gasteiger partial charge is 0.497 e. The Bertz CT molecular complexity index is 666. The van der Waals surface area contributed by atoms with Crippen molar-refractivity contribution < 1.29 is 23.9 Å². The minimum absolute atomic E-state index is 0.177. The van der Waals surface area contributed by atoms with Crippen molar-refractivity contribution in [1.29, 1.82) is 0 Å². The van der Waals surface area contributed by atoms with Gasteiger partial charge < -0.3 is 14.3 Å². The predicted octanol–water partition coefficient (Wildman–Crippen LogP) is 1.95. The second kappa shape index (κ2) is 5.57. The van der Waals surface area contributed by atoms with Crippen molar-refractivity contribution in [3.8, 4) is 5.75 Å². The van der Waals surface area contributed by atoms with E-state index in [1.54, 1.807) is 21.0 Å². The van der Waals surface area contributed by atoms with Crippen LogP contribution in [0.5, 0.6) is 5.75 Å². The number of benzene rings is 1. The van der Waals surface area contributed by atoms with Crippen LogP contribution in [-0.4, -0.2) is 48.0 Å². The molecule has 1 saturated heterocycles. The van der Waals surface area contributed by atoms with Gasteiger partial charge in [0.25, 0.3) is 5.91 Å². The van der Waals surface area contributed by atoms with Gasteiger partial charge in [0.2, 0.25) is 6.10 Å². The predicted molar refractivity (Wildman–Crippen MR) is 81.3 cm³/mol. The van der Waals surface area contributed by atoms with Crippen LogP contribution in [0.15, 0.2) is 29.4 Å². The summed E-state index contributed by atoms with van der Waals surface area (Å²) in [7, 11) is 1.59. The summed E-state index contributed by atoms with van der Waals surface area (Å²) >= 11 is 0. The Kier molecular flexibility index (Phi) is 3.71. The molecule has 0 radical (unpaired) electrons. The molecule has 7 heteroatoms. The van der Waals surface area contributed by atoms with Crippen LogP contribution in [0.3, 0.4) is 0 Å². The number of rotatable bonds is 3. The first-order chi connectivity index (χ1) is 10.9. The highest BCUT2D eigenvalue weighted by molar-refractivity contribution is 6.06. The van der Waals surface area contributed by atoms with Crippen molar-refractivity contribution >= 4 is 17.7 Å². The molecule has 0 N–H and O–H groups in total.